The first kappa shape index (κ1) is 10.4. The van der Waals surface area contributed by atoms with Crippen LogP contribution in [0.3, 0.4) is 0 Å². The molecular weight excluding hydrogens is 208 g/mol. The number of hydrogen-bond donors (Lipinski definition) is 1. The Bertz CT molecular complexity index is 471. The Hall–Kier alpha value is -2.17. The number of nitrogen functional groups attached to an aromatic ring is 1. The lowest BCUT2D eigenvalue weighted by molar-refractivity contribution is 0.393. The lowest BCUT2D eigenvalue weighted by atomic mass is 10.1. The number of aromatic nitrogens is 1. The summed E-state index contributed by atoms with van der Waals surface area (Å²) in [5.74, 6) is 2.29. The van der Waals surface area contributed by atoms with Crippen LogP contribution in [-0.4, -0.2) is 19.4 Å². The molecule has 0 unspecified atom stereocenters. The van der Waals surface area contributed by atoms with Crippen molar-refractivity contribution in [2.75, 3.05) is 20.0 Å². The maximum Gasteiger partial charge on any atom is 0.169 e. The van der Waals surface area contributed by atoms with E-state index in [2.05, 4.69) is 5.16 Å². The van der Waals surface area contributed by atoms with E-state index in [0.717, 1.165) is 5.56 Å². The van der Waals surface area contributed by atoms with Gasteiger partial charge in [-0.25, -0.2) is 0 Å². The second-order valence-corrected chi connectivity index (χ2v) is 3.22. The fourth-order valence-corrected chi connectivity index (χ4v) is 1.37. The number of rotatable bonds is 3. The Morgan fingerprint density at radius 1 is 1.06 bits per heavy atom. The van der Waals surface area contributed by atoms with E-state index in [4.69, 9.17) is 19.7 Å². The Balaban J connectivity index is 2.47. The molecule has 5 nitrogen and oxygen atoms in total. The highest BCUT2D eigenvalue weighted by Gasteiger charge is 2.08. The van der Waals surface area contributed by atoms with E-state index in [0.29, 0.717) is 23.1 Å². The minimum atomic E-state index is 0.344. The van der Waals surface area contributed by atoms with Crippen LogP contribution in [0, 0.1) is 0 Å². The Morgan fingerprint density at radius 3 is 2.12 bits per heavy atom. The number of ether oxygens (including phenoxy) is 2. The van der Waals surface area contributed by atoms with Gasteiger partial charge in [-0.05, 0) is 12.1 Å². The zero-order chi connectivity index (χ0) is 11.5. The van der Waals surface area contributed by atoms with Crippen LogP contribution in [-0.2, 0) is 0 Å². The SMILES string of the molecule is COc1cc(OC)cc(-c2cc(N)no2)c1. The van der Waals surface area contributed by atoms with Gasteiger partial charge in [0.1, 0.15) is 11.5 Å². The molecule has 2 N–H and O–H groups in total. The molecule has 0 spiro atoms. The summed E-state index contributed by atoms with van der Waals surface area (Å²) in [7, 11) is 3.18. The summed E-state index contributed by atoms with van der Waals surface area (Å²) in [6, 6.07) is 7.07. The molecule has 2 aromatic rings. The molecule has 0 saturated heterocycles. The summed E-state index contributed by atoms with van der Waals surface area (Å²) in [6.45, 7) is 0. The predicted octanol–water partition coefficient (Wildman–Crippen LogP) is 1.94. The molecule has 5 heteroatoms. The first-order chi connectivity index (χ1) is 7.72. The summed E-state index contributed by atoms with van der Waals surface area (Å²) in [6.07, 6.45) is 0. The van der Waals surface area contributed by atoms with Gasteiger partial charge in [0.15, 0.2) is 11.6 Å². The molecule has 0 amide bonds. The Kier molecular flexibility index (Phi) is 2.68. The second kappa shape index (κ2) is 4.14. The van der Waals surface area contributed by atoms with Crippen LogP contribution in [0.5, 0.6) is 11.5 Å². The molecule has 0 aliphatic carbocycles. The van der Waals surface area contributed by atoms with Crippen molar-refractivity contribution in [2.24, 2.45) is 0 Å². The molecule has 0 radical (unpaired) electrons. The number of hydrogen-bond acceptors (Lipinski definition) is 5. The summed E-state index contributed by atoms with van der Waals surface area (Å²) in [5.41, 5.74) is 6.30. The van der Waals surface area contributed by atoms with Gasteiger partial charge < -0.3 is 19.7 Å². The van der Waals surface area contributed by atoms with Gasteiger partial charge in [0.2, 0.25) is 0 Å². The fraction of sp³-hybridized carbons (Fsp3) is 0.182. The lowest BCUT2D eigenvalue weighted by Crippen LogP contribution is -1.88. The molecule has 0 fully saturated rings. The molecule has 0 atom stereocenters. The number of methoxy groups -OCH3 is 2. The van der Waals surface area contributed by atoms with E-state index in [-0.39, 0.29) is 0 Å². The number of nitrogens with zero attached hydrogens (tertiary/aromatic N) is 1. The molecule has 16 heavy (non-hydrogen) atoms. The van der Waals surface area contributed by atoms with Crippen molar-refractivity contribution in [3.05, 3.63) is 24.3 Å². The van der Waals surface area contributed by atoms with E-state index < -0.39 is 0 Å². The van der Waals surface area contributed by atoms with E-state index in [1.165, 1.54) is 0 Å². The molecular formula is C11H12N2O3. The topological polar surface area (TPSA) is 70.5 Å². The van der Waals surface area contributed by atoms with Crippen LogP contribution in [0.15, 0.2) is 28.8 Å². The van der Waals surface area contributed by atoms with Crippen molar-refractivity contribution in [1.82, 2.24) is 5.16 Å². The minimum Gasteiger partial charge on any atom is -0.497 e. The fourth-order valence-electron chi connectivity index (χ4n) is 1.37. The van der Waals surface area contributed by atoms with Crippen LogP contribution in [0.1, 0.15) is 0 Å². The van der Waals surface area contributed by atoms with Crippen LogP contribution in [0.4, 0.5) is 5.82 Å². The zero-order valence-electron chi connectivity index (χ0n) is 9.06. The first-order valence-corrected chi connectivity index (χ1v) is 4.68. The Labute approximate surface area is 92.8 Å². The monoisotopic (exact) mass is 220 g/mol. The summed E-state index contributed by atoms with van der Waals surface area (Å²) in [4.78, 5) is 0. The highest BCUT2D eigenvalue weighted by Crippen LogP contribution is 2.30. The first-order valence-electron chi connectivity index (χ1n) is 4.68. The molecule has 1 heterocycles. The van der Waals surface area contributed by atoms with Gasteiger partial charge in [0.05, 0.1) is 14.2 Å². The van der Waals surface area contributed by atoms with E-state index >= 15 is 0 Å². The highest BCUT2D eigenvalue weighted by molar-refractivity contribution is 5.64. The normalized spacial score (nSPS) is 10.1. The third-order valence-electron chi connectivity index (χ3n) is 2.16. The van der Waals surface area contributed by atoms with Crippen molar-refractivity contribution in [2.45, 2.75) is 0 Å². The summed E-state index contributed by atoms with van der Waals surface area (Å²) in [5, 5.41) is 3.63. The van der Waals surface area contributed by atoms with Gasteiger partial charge in [-0.15, -0.1) is 0 Å². The van der Waals surface area contributed by atoms with Gasteiger partial charge in [-0.1, -0.05) is 5.16 Å². The van der Waals surface area contributed by atoms with Gasteiger partial charge in [-0.2, -0.15) is 0 Å². The largest absolute Gasteiger partial charge is 0.497 e. The van der Waals surface area contributed by atoms with Crippen LogP contribution in [0.25, 0.3) is 11.3 Å². The quantitative estimate of drug-likeness (QED) is 0.855. The van der Waals surface area contributed by atoms with Gasteiger partial charge in [-0.3, -0.25) is 0 Å². The van der Waals surface area contributed by atoms with E-state index in [9.17, 15) is 0 Å². The van der Waals surface area contributed by atoms with Crippen molar-refractivity contribution in [1.29, 1.82) is 0 Å². The minimum absolute atomic E-state index is 0.344. The summed E-state index contributed by atoms with van der Waals surface area (Å²) >= 11 is 0. The van der Waals surface area contributed by atoms with Crippen molar-refractivity contribution in [3.63, 3.8) is 0 Å². The van der Waals surface area contributed by atoms with Crippen LogP contribution in [0.2, 0.25) is 0 Å². The van der Waals surface area contributed by atoms with Gasteiger partial charge in [0.25, 0.3) is 0 Å². The van der Waals surface area contributed by atoms with Crippen LogP contribution < -0.4 is 15.2 Å². The number of benzene rings is 1. The van der Waals surface area contributed by atoms with Crippen LogP contribution >= 0.6 is 0 Å². The second-order valence-electron chi connectivity index (χ2n) is 3.22. The highest BCUT2D eigenvalue weighted by atomic mass is 16.5. The average Bonchev–Trinajstić information content (AvgIpc) is 2.75. The van der Waals surface area contributed by atoms with E-state index in [1.54, 1.807) is 26.4 Å². The molecule has 84 valence electrons. The smallest absolute Gasteiger partial charge is 0.169 e. The molecule has 2 rings (SSSR count). The van der Waals surface area contributed by atoms with E-state index in [1.807, 2.05) is 12.1 Å². The summed E-state index contributed by atoms with van der Waals surface area (Å²) < 4.78 is 15.4. The number of anilines is 1. The zero-order valence-corrected chi connectivity index (χ0v) is 9.06. The van der Waals surface area contributed by atoms with Gasteiger partial charge >= 0.3 is 0 Å². The molecule has 0 bridgehead atoms. The third kappa shape index (κ3) is 1.93. The maximum absolute atomic E-state index is 5.49. The molecule has 0 aliphatic heterocycles. The molecule has 1 aromatic carbocycles. The standard InChI is InChI=1S/C11H12N2O3/c1-14-8-3-7(4-9(5-8)15-2)10-6-11(12)13-16-10/h3-6H,1-2H3,(H2,12,13). The maximum atomic E-state index is 5.49. The van der Waals surface area contributed by atoms with Crippen molar-refractivity contribution < 1.29 is 14.0 Å². The average molecular weight is 220 g/mol. The van der Waals surface area contributed by atoms with Crippen molar-refractivity contribution in [3.8, 4) is 22.8 Å². The van der Waals surface area contributed by atoms with Gasteiger partial charge in [0, 0.05) is 17.7 Å². The predicted molar refractivity (Wildman–Crippen MR) is 59.5 cm³/mol. The molecule has 0 saturated carbocycles. The molecule has 0 aliphatic rings. The number of nitrogens with two attached hydrogens (primary N) is 1. The Morgan fingerprint density at radius 2 is 1.69 bits per heavy atom. The lowest BCUT2D eigenvalue weighted by Gasteiger charge is -2.05. The van der Waals surface area contributed by atoms with Crippen molar-refractivity contribution >= 4 is 5.82 Å². The molecule has 1 aromatic heterocycles. The third-order valence-corrected chi connectivity index (χ3v) is 2.16.